The summed E-state index contributed by atoms with van der Waals surface area (Å²) in [6.45, 7) is 7.07. The number of nitrogens with one attached hydrogen (secondary N) is 1. The molecule has 3 aliphatic carbocycles. The molecule has 19 heavy (non-hydrogen) atoms. The summed E-state index contributed by atoms with van der Waals surface area (Å²) in [5, 5.41) is 3.96. The van der Waals surface area contributed by atoms with Crippen LogP contribution in [0.1, 0.15) is 52.4 Å². The molecule has 0 radical (unpaired) electrons. The van der Waals surface area contributed by atoms with Crippen LogP contribution in [0.25, 0.3) is 0 Å². The number of rotatable bonds is 3. The van der Waals surface area contributed by atoms with Gasteiger partial charge in [0.25, 0.3) is 0 Å². The van der Waals surface area contributed by atoms with Crippen LogP contribution < -0.4 is 5.32 Å². The van der Waals surface area contributed by atoms with Gasteiger partial charge in [-0.25, -0.2) is 0 Å². The lowest BCUT2D eigenvalue weighted by atomic mass is 9.55. The Morgan fingerprint density at radius 2 is 2.05 bits per heavy atom. The molecular weight excluding hydrogens is 234 g/mol. The Morgan fingerprint density at radius 1 is 1.16 bits per heavy atom. The molecule has 1 heterocycles. The summed E-state index contributed by atoms with van der Waals surface area (Å²) in [5.74, 6) is 3.91. The zero-order valence-corrected chi connectivity index (χ0v) is 12.5. The minimum atomic E-state index is 0.350. The number of ether oxygens (including phenoxy) is 1. The lowest BCUT2D eigenvalue weighted by molar-refractivity contribution is -0.193. The molecule has 0 spiro atoms. The van der Waals surface area contributed by atoms with Crippen molar-refractivity contribution in [1.82, 2.24) is 5.32 Å². The van der Waals surface area contributed by atoms with E-state index in [-0.39, 0.29) is 0 Å². The van der Waals surface area contributed by atoms with E-state index in [1.807, 2.05) is 0 Å². The second kappa shape index (κ2) is 4.46. The van der Waals surface area contributed by atoms with Crippen molar-refractivity contribution in [2.45, 2.75) is 64.5 Å². The lowest BCUT2D eigenvalue weighted by Gasteiger charge is -2.60. The van der Waals surface area contributed by atoms with E-state index in [0.29, 0.717) is 17.6 Å². The summed E-state index contributed by atoms with van der Waals surface area (Å²) < 4.78 is 6.00. The fourth-order valence-corrected chi connectivity index (χ4v) is 5.84. The zero-order valence-electron chi connectivity index (χ0n) is 12.5. The first kappa shape index (κ1) is 12.6. The van der Waals surface area contributed by atoms with Crippen LogP contribution >= 0.6 is 0 Å². The highest BCUT2D eigenvalue weighted by molar-refractivity contribution is 5.10. The largest absolute Gasteiger partial charge is 0.377 e. The van der Waals surface area contributed by atoms with Crippen LogP contribution in [0.5, 0.6) is 0 Å². The molecule has 108 valence electrons. The normalized spacial score (nSPS) is 50.8. The van der Waals surface area contributed by atoms with Gasteiger partial charge in [-0.1, -0.05) is 20.3 Å². The number of hydrogen-bond acceptors (Lipinski definition) is 2. The molecule has 6 unspecified atom stereocenters. The van der Waals surface area contributed by atoms with E-state index in [1.54, 1.807) is 0 Å². The van der Waals surface area contributed by atoms with Crippen molar-refractivity contribution in [3.05, 3.63) is 0 Å². The van der Waals surface area contributed by atoms with E-state index in [1.165, 1.54) is 45.1 Å². The molecule has 4 aliphatic rings. The molecule has 2 nitrogen and oxygen atoms in total. The first-order chi connectivity index (χ1) is 9.16. The molecule has 1 saturated heterocycles. The smallest absolute Gasteiger partial charge is 0.0684 e. The summed E-state index contributed by atoms with van der Waals surface area (Å²) in [6.07, 6.45) is 9.25. The molecule has 0 amide bonds. The van der Waals surface area contributed by atoms with Crippen LogP contribution in [0.2, 0.25) is 0 Å². The first-order valence-corrected chi connectivity index (χ1v) is 8.51. The maximum absolute atomic E-state index is 6.00. The van der Waals surface area contributed by atoms with E-state index in [9.17, 15) is 0 Å². The topological polar surface area (TPSA) is 21.3 Å². The minimum absolute atomic E-state index is 0.350. The molecule has 6 atom stereocenters. The van der Waals surface area contributed by atoms with Crippen LogP contribution in [0.15, 0.2) is 0 Å². The first-order valence-electron chi connectivity index (χ1n) is 8.51. The van der Waals surface area contributed by atoms with Crippen molar-refractivity contribution >= 4 is 0 Å². The zero-order chi connectivity index (χ0) is 13.0. The molecule has 4 rings (SSSR count). The van der Waals surface area contributed by atoms with Crippen molar-refractivity contribution in [2.75, 3.05) is 13.2 Å². The second-order valence-electron chi connectivity index (χ2n) is 8.24. The fourth-order valence-electron chi connectivity index (χ4n) is 5.84. The van der Waals surface area contributed by atoms with Gasteiger partial charge in [-0.2, -0.15) is 0 Å². The Balaban J connectivity index is 1.35. The third-order valence-electron chi connectivity index (χ3n) is 6.82. The Bertz CT molecular complexity index is 353. The van der Waals surface area contributed by atoms with Crippen LogP contribution in [0.3, 0.4) is 0 Å². The van der Waals surface area contributed by atoms with Gasteiger partial charge in [-0.05, 0) is 56.4 Å². The van der Waals surface area contributed by atoms with Gasteiger partial charge in [-0.15, -0.1) is 0 Å². The molecule has 2 bridgehead atoms. The van der Waals surface area contributed by atoms with Gasteiger partial charge < -0.3 is 10.1 Å². The summed E-state index contributed by atoms with van der Waals surface area (Å²) in [6, 6.07) is 0.705. The average molecular weight is 263 g/mol. The highest BCUT2D eigenvalue weighted by Gasteiger charge is 2.57. The Kier molecular flexibility index (Phi) is 2.97. The molecule has 1 aliphatic heterocycles. The van der Waals surface area contributed by atoms with Gasteiger partial charge in [0.1, 0.15) is 0 Å². The van der Waals surface area contributed by atoms with E-state index in [4.69, 9.17) is 4.74 Å². The van der Waals surface area contributed by atoms with E-state index >= 15 is 0 Å². The van der Waals surface area contributed by atoms with Gasteiger partial charge in [-0.3, -0.25) is 0 Å². The van der Waals surface area contributed by atoms with Crippen LogP contribution in [-0.2, 0) is 4.74 Å². The Labute approximate surface area is 117 Å². The molecule has 1 N–H and O–H groups in total. The minimum Gasteiger partial charge on any atom is -0.377 e. The molecule has 0 aromatic heterocycles. The standard InChI is InChI=1S/C17H29NO/c1-17(2)15(14-4-3-7-19-16(14)17)18-10-13-9-11-5-6-12(13)8-11/h11-16,18H,3-10H2,1-2H3. The van der Waals surface area contributed by atoms with Crippen molar-refractivity contribution in [1.29, 1.82) is 0 Å². The van der Waals surface area contributed by atoms with Crippen molar-refractivity contribution in [3.63, 3.8) is 0 Å². The van der Waals surface area contributed by atoms with Crippen LogP contribution in [0.4, 0.5) is 0 Å². The average Bonchev–Trinajstić information content (AvgIpc) is 3.01. The Morgan fingerprint density at radius 3 is 2.79 bits per heavy atom. The highest BCUT2D eigenvalue weighted by Crippen LogP contribution is 2.52. The SMILES string of the molecule is CC1(C)C(NCC2CC3CCC2C3)C2CCCOC21. The molecule has 0 aromatic rings. The van der Waals surface area contributed by atoms with Gasteiger partial charge in [0, 0.05) is 24.0 Å². The van der Waals surface area contributed by atoms with Crippen molar-refractivity contribution < 1.29 is 4.74 Å². The molecule has 2 heteroatoms. The predicted octanol–water partition coefficient (Wildman–Crippen LogP) is 3.22. The third kappa shape index (κ3) is 1.90. The van der Waals surface area contributed by atoms with Gasteiger partial charge >= 0.3 is 0 Å². The van der Waals surface area contributed by atoms with Crippen LogP contribution in [-0.4, -0.2) is 25.3 Å². The maximum Gasteiger partial charge on any atom is 0.0684 e. The fraction of sp³-hybridized carbons (Fsp3) is 1.00. The number of hydrogen-bond donors (Lipinski definition) is 1. The van der Waals surface area contributed by atoms with Crippen LogP contribution in [0, 0.1) is 29.1 Å². The van der Waals surface area contributed by atoms with Crippen molar-refractivity contribution in [2.24, 2.45) is 29.1 Å². The summed E-state index contributed by atoms with van der Waals surface area (Å²) in [7, 11) is 0. The van der Waals surface area contributed by atoms with E-state index in [2.05, 4.69) is 19.2 Å². The number of fused-ring (bicyclic) bond motifs is 3. The van der Waals surface area contributed by atoms with Gasteiger partial charge in [0.15, 0.2) is 0 Å². The molecule has 3 saturated carbocycles. The summed E-state index contributed by atoms with van der Waals surface area (Å²) >= 11 is 0. The quantitative estimate of drug-likeness (QED) is 0.844. The molecule has 4 fully saturated rings. The summed E-state index contributed by atoms with van der Waals surface area (Å²) in [5.41, 5.74) is 0.350. The Hall–Kier alpha value is -0.0800. The van der Waals surface area contributed by atoms with Crippen molar-refractivity contribution in [3.8, 4) is 0 Å². The van der Waals surface area contributed by atoms with Gasteiger partial charge in [0.2, 0.25) is 0 Å². The highest BCUT2D eigenvalue weighted by atomic mass is 16.5. The lowest BCUT2D eigenvalue weighted by Crippen LogP contribution is -2.69. The third-order valence-corrected chi connectivity index (χ3v) is 6.82. The second-order valence-corrected chi connectivity index (χ2v) is 8.24. The monoisotopic (exact) mass is 263 g/mol. The van der Waals surface area contributed by atoms with E-state index in [0.717, 1.165) is 30.3 Å². The predicted molar refractivity (Wildman–Crippen MR) is 77.0 cm³/mol. The van der Waals surface area contributed by atoms with Gasteiger partial charge in [0.05, 0.1) is 6.10 Å². The van der Waals surface area contributed by atoms with E-state index < -0.39 is 0 Å². The molecular formula is C17H29NO. The maximum atomic E-state index is 6.00. The molecule has 0 aromatic carbocycles. The summed E-state index contributed by atoms with van der Waals surface area (Å²) in [4.78, 5) is 0.